The zero-order valence-electron chi connectivity index (χ0n) is 12.8. The lowest BCUT2D eigenvalue weighted by molar-refractivity contribution is 0.0605. The van der Waals surface area contributed by atoms with Crippen molar-refractivity contribution in [3.63, 3.8) is 0 Å². The van der Waals surface area contributed by atoms with Crippen LogP contribution in [0.2, 0.25) is 0 Å². The lowest BCUT2D eigenvalue weighted by Gasteiger charge is -1.97. The highest BCUT2D eigenvalue weighted by Crippen LogP contribution is 2.33. The molecule has 0 aliphatic carbocycles. The Morgan fingerprint density at radius 3 is 2.88 bits per heavy atom. The summed E-state index contributed by atoms with van der Waals surface area (Å²) in [6.07, 6.45) is 1.55. The van der Waals surface area contributed by atoms with Crippen LogP contribution < -0.4 is 0 Å². The van der Waals surface area contributed by atoms with Gasteiger partial charge in [0.25, 0.3) is 0 Å². The normalized spacial score (nSPS) is 11.2. The van der Waals surface area contributed by atoms with Crippen molar-refractivity contribution in [2.24, 2.45) is 0 Å². The van der Waals surface area contributed by atoms with E-state index in [1.165, 1.54) is 18.4 Å². The molecule has 0 fully saturated rings. The first kappa shape index (κ1) is 14.6. The second-order valence-electron chi connectivity index (χ2n) is 5.19. The largest absolute Gasteiger partial charge is 0.507 e. The van der Waals surface area contributed by atoms with E-state index in [9.17, 15) is 9.90 Å². The number of hydrogen-bond acceptors (Lipinski definition) is 7. The predicted molar refractivity (Wildman–Crippen MR) is 89.3 cm³/mol. The number of para-hydroxylation sites is 1. The summed E-state index contributed by atoms with van der Waals surface area (Å²) in [7, 11) is 1.35. The number of phenols is 1. The van der Waals surface area contributed by atoms with E-state index in [0.717, 1.165) is 10.9 Å². The molecular formula is C16H12N4O3S. The zero-order chi connectivity index (χ0) is 16.8. The number of rotatable bonds is 2. The van der Waals surface area contributed by atoms with Gasteiger partial charge < -0.3 is 9.84 Å². The smallest absolute Gasteiger partial charge is 0.348 e. The molecule has 8 heteroatoms. The van der Waals surface area contributed by atoms with E-state index < -0.39 is 5.97 Å². The highest BCUT2D eigenvalue weighted by atomic mass is 32.1. The minimum absolute atomic E-state index is 0.106. The van der Waals surface area contributed by atoms with Crippen LogP contribution in [0.1, 0.15) is 15.2 Å². The molecule has 0 unspecified atom stereocenters. The number of hydrogen-bond donors (Lipinski definition) is 1. The van der Waals surface area contributed by atoms with Crippen LogP contribution >= 0.6 is 11.3 Å². The number of benzene rings is 1. The number of esters is 1. The topological polar surface area (TPSA) is 89.6 Å². The maximum atomic E-state index is 11.9. The molecule has 0 atom stereocenters. The molecule has 0 aliphatic rings. The molecule has 0 bridgehead atoms. The third kappa shape index (κ3) is 2.04. The molecular weight excluding hydrogens is 328 g/mol. The number of aryl methyl sites for hydroxylation is 1. The number of thiophene rings is 1. The number of aromatic nitrogens is 4. The van der Waals surface area contributed by atoms with Gasteiger partial charge in [-0.1, -0.05) is 12.1 Å². The summed E-state index contributed by atoms with van der Waals surface area (Å²) >= 11 is 1.26. The summed E-state index contributed by atoms with van der Waals surface area (Å²) in [5, 5.41) is 15.1. The summed E-state index contributed by atoms with van der Waals surface area (Å²) in [4.78, 5) is 22.0. The average Bonchev–Trinajstić information content (AvgIpc) is 3.15. The molecule has 0 saturated carbocycles. The van der Waals surface area contributed by atoms with Crippen LogP contribution in [0.4, 0.5) is 0 Å². The van der Waals surface area contributed by atoms with E-state index in [0.29, 0.717) is 26.7 Å². The summed E-state index contributed by atoms with van der Waals surface area (Å²) < 4.78 is 6.36. The predicted octanol–water partition coefficient (Wildman–Crippen LogP) is 2.81. The molecule has 3 aromatic heterocycles. The van der Waals surface area contributed by atoms with Crippen LogP contribution in [0.25, 0.3) is 27.3 Å². The SMILES string of the molecule is COC(=O)c1sc2ncn3nc(-c4ccccc4O)nc3c2c1C. The highest BCUT2D eigenvalue weighted by Gasteiger charge is 2.21. The Balaban J connectivity index is 2.00. The zero-order valence-corrected chi connectivity index (χ0v) is 13.7. The fourth-order valence-corrected chi connectivity index (χ4v) is 3.66. The molecule has 0 amide bonds. The van der Waals surface area contributed by atoms with Crippen molar-refractivity contribution in [3.8, 4) is 17.1 Å². The molecule has 1 aromatic carbocycles. The molecule has 0 spiro atoms. The number of aromatic hydroxyl groups is 1. The number of carbonyl (C=O) groups is 1. The van der Waals surface area contributed by atoms with Gasteiger partial charge in [-0.2, -0.15) is 0 Å². The van der Waals surface area contributed by atoms with Gasteiger partial charge in [-0.3, -0.25) is 0 Å². The van der Waals surface area contributed by atoms with Crippen molar-refractivity contribution >= 4 is 33.2 Å². The van der Waals surface area contributed by atoms with E-state index in [-0.39, 0.29) is 5.75 Å². The van der Waals surface area contributed by atoms with Crippen LogP contribution in [0, 0.1) is 6.92 Å². The quantitative estimate of drug-likeness (QED) is 0.564. The number of ether oxygens (including phenoxy) is 1. The van der Waals surface area contributed by atoms with E-state index in [1.807, 2.05) is 6.92 Å². The Bertz CT molecular complexity index is 1100. The number of carbonyl (C=O) groups excluding carboxylic acids is 1. The molecule has 0 radical (unpaired) electrons. The van der Waals surface area contributed by atoms with E-state index in [4.69, 9.17) is 4.74 Å². The number of methoxy groups -OCH3 is 1. The molecule has 4 aromatic rings. The second kappa shape index (κ2) is 5.27. The van der Waals surface area contributed by atoms with Crippen molar-refractivity contribution in [1.29, 1.82) is 0 Å². The van der Waals surface area contributed by atoms with Crippen molar-refractivity contribution in [3.05, 3.63) is 41.0 Å². The first-order valence-electron chi connectivity index (χ1n) is 7.11. The van der Waals surface area contributed by atoms with Gasteiger partial charge in [0.2, 0.25) is 0 Å². The Kier molecular flexibility index (Phi) is 3.20. The fourth-order valence-electron chi connectivity index (χ4n) is 2.60. The summed E-state index contributed by atoms with van der Waals surface area (Å²) in [6, 6.07) is 6.87. The molecule has 4 rings (SSSR count). The van der Waals surface area contributed by atoms with Crippen LogP contribution in [0.5, 0.6) is 5.75 Å². The Morgan fingerprint density at radius 1 is 1.33 bits per heavy atom. The summed E-state index contributed by atoms with van der Waals surface area (Å²) in [5.74, 6) is 0.108. The number of fused-ring (bicyclic) bond motifs is 3. The fraction of sp³-hybridized carbons (Fsp3) is 0.125. The Morgan fingerprint density at radius 2 is 2.12 bits per heavy atom. The monoisotopic (exact) mass is 340 g/mol. The van der Waals surface area contributed by atoms with Crippen LogP contribution in [-0.2, 0) is 4.74 Å². The number of phenolic OH excluding ortho intramolecular Hbond substituents is 1. The van der Waals surface area contributed by atoms with E-state index in [1.54, 1.807) is 35.1 Å². The maximum absolute atomic E-state index is 11.9. The third-order valence-electron chi connectivity index (χ3n) is 3.78. The van der Waals surface area contributed by atoms with Gasteiger partial charge in [-0.05, 0) is 24.6 Å². The van der Waals surface area contributed by atoms with Crippen molar-refractivity contribution in [1.82, 2.24) is 19.6 Å². The van der Waals surface area contributed by atoms with E-state index in [2.05, 4.69) is 15.1 Å². The maximum Gasteiger partial charge on any atom is 0.348 e. The average molecular weight is 340 g/mol. The van der Waals surface area contributed by atoms with Crippen molar-refractivity contribution in [2.45, 2.75) is 6.92 Å². The number of nitrogens with zero attached hydrogens (tertiary/aromatic N) is 4. The Hall–Kier alpha value is -3.00. The highest BCUT2D eigenvalue weighted by molar-refractivity contribution is 7.20. The van der Waals surface area contributed by atoms with Gasteiger partial charge in [0.15, 0.2) is 11.5 Å². The summed E-state index contributed by atoms with van der Waals surface area (Å²) in [6.45, 7) is 1.83. The molecule has 120 valence electrons. The minimum atomic E-state index is -0.394. The lowest BCUT2D eigenvalue weighted by atomic mass is 10.2. The summed E-state index contributed by atoms with van der Waals surface area (Å²) in [5.41, 5.74) is 1.88. The Labute approximate surface area is 140 Å². The molecule has 1 N–H and O–H groups in total. The van der Waals surface area contributed by atoms with E-state index >= 15 is 0 Å². The van der Waals surface area contributed by atoms with Gasteiger partial charge in [-0.25, -0.2) is 19.3 Å². The minimum Gasteiger partial charge on any atom is -0.507 e. The first-order valence-corrected chi connectivity index (χ1v) is 7.93. The molecule has 0 aliphatic heterocycles. The van der Waals surface area contributed by atoms with Gasteiger partial charge in [-0.15, -0.1) is 16.4 Å². The molecule has 3 heterocycles. The van der Waals surface area contributed by atoms with Gasteiger partial charge in [0.05, 0.1) is 18.1 Å². The van der Waals surface area contributed by atoms with Crippen LogP contribution in [-0.4, -0.2) is 37.8 Å². The van der Waals surface area contributed by atoms with Crippen LogP contribution in [0.3, 0.4) is 0 Å². The van der Waals surface area contributed by atoms with Crippen molar-refractivity contribution in [2.75, 3.05) is 7.11 Å². The first-order chi connectivity index (χ1) is 11.6. The third-order valence-corrected chi connectivity index (χ3v) is 4.96. The van der Waals surface area contributed by atoms with Crippen molar-refractivity contribution < 1.29 is 14.6 Å². The molecule has 7 nitrogen and oxygen atoms in total. The van der Waals surface area contributed by atoms with Gasteiger partial charge in [0, 0.05) is 0 Å². The second-order valence-corrected chi connectivity index (χ2v) is 6.19. The van der Waals surface area contributed by atoms with Gasteiger partial charge in [0.1, 0.15) is 21.8 Å². The lowest BCUT2D eigenvalue weighted by Crippen LogP contribution is -1.99. The van der Waals surface area contributed by atoms with Crippen LogP contribution in [0.15, 0.2) is 30.6 Å². The molecule has 24 heavy (non-hydrogen) atoms. The molecule has 0 saturated heterocycles. The van der Waals surface area contributed by atoms with Gasteiger partial charge >= 0.3 is 5.97 Å². The standard InChI is InChI=1S/C16H12N4O3S/c1-8-11-14-18-13(9-5-3-4-6-10(9)21)19-20(14)7-17-15(11)24-12(8)16(22)23-2/h3-7,21H,1-2H3.